The Kier molecular flexibility index (Phi) is 8.99. The third-order valence-corrected chi connectivity index (χ3v) is 5.99. The van der Waals surface area contributed by atoms with Gasteiger partial charge in [-0.25, -0.2) is 9.59 Å². The molecular formula is C20H24N7O9P. The van der Waals surface area contributed by atoms with E-state index in [-0.39, 0.29) is 23.9 Å². The summed E-state index contributed by atoms with van der Waals surface area (Å²) in [7, 11) is -2.72. The molecule has 2 aromatic rings. The van der Waals surface area contributed by atoms with Crippen LogP contribution >= 0.6 is 8.17 Å². The van der Waals surface area contributed by atoms with Crippen molar-refractivity contribution in [3.8, 4) is 11.5 Å². The second-order valence-corrected chi connectivity index (χ2v) is 8.52. The number of aromatic nitrogens is 2. The Morgan fingerprint density at radius 1 is 1.41 bits per heavy atom. The Balaban J connectivity index is 1.82. The molecule has 0 radical (unpaired) electrons. The van der Waals surface area contributed by atoms with Gasteiger partial charge in [0.15, 0.2) is 18.0 Å². The van der Waals surface area contributed by atoms with Crippen LogP contribution in [0.4, 0.5) is 5.82 Å². The third-order valence-electron chi connectivity index (χ3n) is 5.10. The highest BCUT2D eigenvalue weighted by Crippen LogP contribution is 2.40. The molecule has 0 bridgehead atoms. The van der Waals surface area contributed by atoms with E-state index in [1.54, 1.807) is 19.1 Å². The summed E-state index contributed by atoms with van der Waals surface area (Å²) in [5, 5.41) is 24.7. The minimum Gasteiger partial charge on any atom is -0.575 e. The summed E-state index contributed by atoms with van der Waals surface area (Å²) < 4.78 is 26.0. The fraction of sp³-hybridized carbons (Fsp3) is 0.450. The summed E-state index contributed by atoms with van der Waals surface area (Å²) in [6, 6.07) is 6.15. The summed E-state index contributed by atoms with van der Waals surface area (Å²) in [5.41, 5.74) is 11.5. The van der Waals surface area contributed by atoms with E-state index < -0.39 is 56.6 Å². The number of esters is 1. The quantitative estimate of drug-likeness (QED) is 0.123. The number of nitrogen functional groups attached to an aromatic ring is 1. The first-order valence-corrected chi connectivity index (χ1v) is 11.9. The Morgan fingerprint density at radius 2 is 2.11 bits per heavy atom. The number of hydrogen-bond acceptors (Lipinski definition) is 13. The highest BCUT2D eigenvalue weighted by molar-refractivity contribution is 7.34. The number of aliphatic hydroxyl groups excluding tert-OH is 2. The number of carbonyl (C=O) groups excluding carboxylic acids is 1. The third kappa shape index (κ3) is 6.32. The van der Waals surface area contributed by atoms with Gasteiger partial charge in [-0.2, -0.15) is 4.98 Å². The van der Waals surface area contributed by atoms with Crippen molar-refractivity contribution < 1.29 is 38.6 Å². The number of benzene rings is 1. The molecule has 3 rings (SSSR count). The minimum atomic E-state index is -2.72. The van der Waals surface area contributed by atoms with Gasteiger partial charge in [0.1, 0.15) is 24.6 Å². The number of ether oxygens (including phenoxy) is 3. The number of hydrogen-bond donors (Lipinski definition) is 3. The molecule has 1 aromatic heterocycles. The lowest BCUT2D eigenvalue weighted by Gasteiger charge is -2.26. The van der Waals surface area contributed by atoms with Gasteiger partial charge in [0, 0.05) is 11.1 Å². The topological polar surface area (TPSA) is 240 Å². The van der Waals surface area contributed by atoms with E-state index in [0.29, 0.717) is 0 Å². The summed E-state index contributed by atoms with van der Waals surface area (Å²) in [6.45, 7) is 2.49. The molecule has 1 unspecified atom stereocenters. The van der Waals surface area contributed by atoms with Crippen LogP contribution in [0.5, 0.6) is 11.5 Å². The fourth-order valence-electron chi connectivity index (χ4n) is 3.30. The van der Waals surface area contributed by atoms with Crippen LogP contribution in [0.2, 0.25) is 0 Å². The van der Waals surface area contributed by atoms with Gasteiger partial charge in [-0.05, 0) is 37.6 Å². The summed E-state index contributed by atoms with van der Waals surface area (Å²) in [4.78, 5) is 42.5. The van der Waals surface area contributed by atoms with Gasteiger partial charge in [-0.3, -0.25) is 9.09 Å². The van der Waals surface area contributed by atoms with E-state index in [0.717, 1.165) is 4.57 Å². The average Bonchev–Trinajstić information content (AvgIpc) is 3.09. The van der Waals surface area contributed by atoms with E-state index in [1.165, 1.54) is 31.3 Å². The van der Waals surface area contributed by atoms with Crippen molar-refractivity contribution in [3.05, 3.63) is 57.5 Å². The Bertz CT molecular complexity index is 1270. The zero-order chi connectivity index (χ0) is 27.2. The van der Waals surface area contributed by atoms with Crippen molar-refractivity contribution in [2.75, 3.05) is 18.9 Å². The van der Waals surface area contributed by atoms with Gasteiger partial charge in [0.05, 0.1) is 6.61 Å². The van der Waals surface area contributed by atoms with E-state index >= 15 is 0 Å². The molecule has 198 valence electrons. The van der Waals surface area contributed by atoms with Gasteiger partial charge >= 0.3 is 19.8 Å². The molecule has 0 amide bonds. The Morgan fingerprint density at radius 3 is 2.76 bits per heavy atom. The average molecular weight is 537 g/mol. The lowest BCUT2D eigenvalue weighted by molar-refractivity contribution is -0.169. The van der Waals surface area contributed by atoms with Crippen LogP contribution in [0.25, 0.3) is 10.4 Å². The van der Waals surface area contributed by atoms with Crippen molar-refractivity contribution in [1.29, 1.82) is 0 Å². The molecule has 6 atom stereocenters. The number of anilines is 1. The molecule has 0 spiro atoms. The number of nitrogens with zero attached hydrogens (tertiary/aromatic N) is 6. The van der Waals surface area contributed by atoms with Gasteiger partial charge in [0.25, 0.3) is 0 Å². The highest BCUT2D eigenvalue weighted by Gasteiger charge is 2.56. The normalized spacial score (nSPS) is 24.1. The number of aliphatic hydroxyl groups is 2. The van der Waals surface area contributed by atoms with Crippen LogP contribution in [0.15, 0.2) is 51.2 Å². The van der Waals surface area contributed by atoms with Gasteiger partial charge in [0.2, 0.25) is 11.5 Å². The second-order valence-electron chi connectivity index (χ2n) is 7.63. The molecule has 37 heavy (non-hydrogen) atoms. The van der Waals surface area contributed by atoms with Crippen LogP contribution in [-0.2, 0) is 14.3 Å². The van der Waals surface area contributed by atoms with Gasteiger partial charge in [-0.1, -0.05) is 22.0 Å². The summed E-state index contributed by atoms with van der Waals surface area (Å²) in [5.74, 6) is -0.816. The molecular weight excluding hydrogens is 513 g/mol. The monoisotopic (exact) mass is 537 g/mol. The predicted octanol–water partition coefficient (Wildman–Crippen LogP) is 0.348. The molecule has 1 aliphatic heterocycles. The highest BCUT2D eigenvalue weighted by atomic mass is 31.1. The number of carbonyl (C=O) groups is 1. The standard InChI is InChI=1S/C20H24N7O9P/c1-3-33-18(30)11(2)24-37(32)36-13-7-5-4-6-12(13)34-10-20(25-26-22)16(29)15(28)17(35-20)27-9-8-14(21)23-19(27)31/h4-9,11,15-17,28-29H,3,10H2,1-2H3,(H2,21,23,31)/t11-,15+,16-,17+,20+/m0/s1. The van der Waals surface area contributed by atoms with E-state index in [9.17, 15) is 24.7 Å². The maximum atomic E-state index is 12.3. The molecule has 1 saturated heterocycles. The van der Waals surface area contributed by atoms with Crippen LogP contribution in [0.3, 0.4) is 0 Å². The predicted molar refractivity (Wildman–Crippen MR) is 125 cm³/mol. The van der Waals surface area contributed by atoms with Crippen molar-refractivity contribution in [1.82, 2.24) is 9.55 Å². The van der Waals surface area contributed by atoms with Gasteiger partial charge < -0.3 is 35.1 Å². The van der Waals surface area contributed by atoms with Crippen LogP contribution in [0.1, 0.15) is 20.1 Å². The SMILES string of the molecule is CCOC(=O)[C@H](C)N=[P+]([O-])Oc1ccccc1OC[C@@]1(N=[N+]=[N-])O[C@@H](n2ccc(N)nc2=O)[C@H](O)[C@@H]1O. The number of rotatable bonds is 10. The van der Waals surface area contributed by atoms with Crippen LogP contribution < -0.4 is 25.6 Å². The molecule has 1 aromatic carbocycles. The second kappa shape index (κ2) is 12.0. The molecule has 1 aliphatic rings. The van der Waals surface area contributed by atoms with Crippen molar-refractivity contribution in [2.24, 2.45) is 9.86 Å². The molecule has 1 fully saturated rings. The first kappa shape index (κ1) is 27.8. The smallest absolute Gasteiger partial charge is 0.395 e. The van der Waals surface area contributed by atoms with Crippen LogP contribution in [0, 0.1) is 0 Å². The molecule has 16 nitrogen and oxygen atoms in total. The minimum absolute atomic E-state index is 0.0163. The summed E-state index contributed by atoms with van der Waals surface area (Å²) >= 11 is 0. The first-order valence-electron chi connectivity index (χ1n) is 10.8. The number of nitrogens with two attached hydrogens (primary N) is 1. The van der Waals surface area contributed by atoms with E-state index in [1.807, 2.05) is 0 Å². The lowest BCUT2D eigenvalue weighted by Crippen LogP contribution is -2.46. The molecule has 2 heterocycles. The Labute approximate surface area is 210 Å². The van der Waals surface area contributed by atoms with Crippen LogP contribution in [-0.4, -0.2) is 62.9 Å². The fourth-order valence-corrected chi connectivity index (χ4v) is 4.05. The van der Waals surface area contributed by atoms with Gasteiger partial charge in [-0.15, -0.1) is 0 Å². The zero-order valence-corrected chi connectivity index (χ0v) is 20.5. The maximum absolute atomic E-state index is 12.3. The lowest BCUT2D eigenvalue weighted by atomic mass is 10.1. The Hall–Kier alpha value is -3.78. The molecule has 4 N–H and O–H groups in total. The molecule has 0 aliphatic carbocycles. The van der Waals surface area contributed by atoms with Crippen molar-refractivity contribution in [3.63, 3.8) is 0 Å². The zero-order valence-electron chi connectivity index (χ0n) is 19.6. The number of azide groups is 1. The summed E-state index contributed by atoms with van der Waals surface area (Å²) in [6.07, 6.45) is -3.85. The van der Waals surface area contributed by atoms with E-state index in [2.05, 4.69) is 19.8 Å². The largest absolute Gasteiger partial charge is 0.575 e. The van der Waals surface area contributed by atoms with Crippen molar-refractivity contribution in [2.45, 2.75) is 44.1 Å². The first-order chi connectivity index (χ1) is 17.6. The number of para-hydroxylation sites is 2. The molecule has 17 heteroatoms. The molecule has 0 saturated carbocycles. The maximum Gasteiger partial charge on any atom is 0.395 e. The van der Waals surface area contributed by atoms with Crippen molar-refractivity contribution >= 4 is 20.0 Å². The van der Waals surface area contributed by atoms with E-state index in [4.69, 9.17) is 30.0 Å².